The molecule has 1 N–H and O–H groups in total. The van der Waals surface area contributed by atoms with Gasteiger partial charge in [0.1, 0.15) is 0 Å². The molecule has 0 unspecified atom stereocenters. The number of rotatable bonds is 3. The van der Waals surface area contributed by atoms with Gasteiger partial charge in [0.15, 0.2) is 0 Å². The van der Waals surface area contributed by atoms with Crippen molar-refractivity contribution in [2.24, 2.45) is 0 Å². The number of carbonyl (C=O) groups excluding carboxylic acids is 1. The fraction of sp³-hybridized carbons (Fsp3) is 0.417. The van der Waals surface area contributed by atoms with Crippen molar-refractivity contribution in [3.8, 4) is 0 Å². The number of methoxy groups -OCH3 is 1. The molecule has 82 valence electrons. The van der Waals surface area contributed by atoms with Crippen molar-refractivity contribution in [2.75, 3.05) is 12.4 Å². The van der Waals surface area contributed by atoms with Crippen LogP contribution in [0.3, 0.4) is 0 Å². The molecule has 1 rings (SSSR count). The molecule has 3 nitrogen and oxygen atoms in total. The van der Waals surface area contributed by atoms with Crippen LogP contribution in [0.5, 0.6) is 0 Å². The first-order valence-corrected chi connectivity index (χ1v) is 5.18. The summed E-state index contributed by atoms with van der Waals surface area (Å²) >= 11 is 0. The van der Waals surface area contributed by atoms with Gasteiger partial charge in [0.2, 0.25) is 0 Å². The first kappa shape index (κ1) is 11.6. The van der Waals surface area contributed by atoms with Gasteiger partial charge in [-0.15, -0.1) is 0 Å². The van der Waals surface area contributed by atoms with Gasteiger partial charge in [-0.1, -0.05) is 32.0 Å². The van der Waals surface area contributed by atoms with Crippen molar-refractivity contribution < 1.29 is 9.53 Å². The van der Waals surface area contributed by atoms with Crippen LogP contribution in [0, 0.1) is 0 Å². The second-order valence-corrected chi connectivity index (χ2v) is 3.27. The Labute approximate surface area is 90.4 Å². The highest BCUT2D eigenvalue weighted by atomic mass is 16.5. The van der Waals surface area contributed by atoms with Crippen LogP contribution in [-0.4, -0.2) is 13.2 Å². The topological polar surface area (TPSA) is 38.3 Å². The summed E-state index contributed by atoms with van der Waals surface area (Å²) in [5, 5.41) is 2.77. The van der Waals surface area contributed by atoms with Crippen LogP contribution >= 0.6 is 0 Å². The molecule has 0 aliphatic carbocycles. The van der Waals surface area contributed by atoms with Crippen molar-refractivity contribution in [1.29, 1.82) is 0 Å². The van der Waals surface area contributed by atoms with Gasteiger partial charge in [-0.25, -0.2) is 4.79 Å². The van der Waals surface area contributed by atoms with E-state index in [1.165, 1.54) is 7.11 Å². The standard InChI is InChI=1S/C12H17NO2/c1-4-9-7-6-8-10(5-2)11(9)13-12(14)15-3/h6-8H,4-5H2,1-3H3,(H,13,14). The maximum atomic E-state index is 11.2. The number of nitrogens with one attached hydrogen (secondary N) is 1. The lowest BCUT2D eigenvalue weighted by atomic mass is 10.0. The predicted octanol–water partition coefficient (Wildman–Crippen LogP) is 2.99. The zero-order valence-electron chi connectivity index (χ0n) is 9.46. The van der Waals surface area contributed by atoms with Crippen LogP contribution in [-0.2, 0) is 17.6 Å². The maximum absolute atomic E-state index is 11.2. The Kier molecular flexibility index (Phi) is 4.16. The van der Waals surface area contributed by atoms with Crippen molar-refractivity contribution in [2.45, 2.75) is 26.7 Å². The van der Waals surface area contributed by atoms with E-state index in [0.29, 0.717) is 0 Å². The summed E-state index contributed by atoms with van der Waals surface area (Å²) in [5.41, 5.74) is 3.17. The molecule has 0 radical (unpaired) electrons. The zero-order chi connectivity index (χ0) is 11.3. The second-order valence-electron chi connectivity index (χ2n) is 3.27. The highest BCUT2D eigenvalue weighted by molar-refractivity contribution is 5.86. The zero-order valence-corrected chi connectivity index (χ0v) is 9.46. The molecule has 0 heterocycles. The molecule has 0 aromatic heterocycles. The van der Waals surface area contributed by atoms with E-state index < -0.39 is 6.09 Å². The Hall–Kier alpha value is -1.51. The molecule has 0 bridgehead atoms. The summed E-state index contributed by atoms with van der Waals surface area (Å²) in [5.74, 6) is 0. The monoisotopic (exact) mass is 207 g/mol. The smallest absolute Gasteiger partial charge is 0.411 e. The number of carbonyl (C=O) groups is 1. The van der Waals surface area contributed by atoms with Gasteiger partial charge in [-0.3, -0.25) is 5.32 Å². The SMILES string of the molecule is CCc1cccc(CC)c1NC(=O)OC. The lowest BCUT2D eigenvalue weighted by Crippen LogP contribution is -2.14. The number of para-hydroxylation sites is 1. The van der Waals surface area contributed by atoms with E-state index >= 15 is 0 Å². The number of ether oxygens (including phenoxy) is 1. The molecule has 0 atom stereocenters. The first-order chi connectivity index (χ1) is 7.22. The van der Waals surface area contributed by atoms with E-state index in [1.807, 2.05) is 18.2 Å². The Morgan fingerprint density at radius 3 is 2.20 bits per heavy atom. The second kappa shape index (κ2) is 5.39. The maximum Gasteiger partial charge on any atom is 0.411 e. The predicted molar refractivity (Wildman–Crippen MR) is 61.2 cm³/mol. The minimum atomic E-state index is -0.411. The average molecular weight is 207 g/mol. The molecule has 0 spiro atoms. The van der Waals surface area contributed by atoms with Gasteiger partial charge in [-0.2, -0.15) is 0 Å². The minimum absolute atomic E-state index is 0.411. The van der Waals surface area contributed by atoms with E-state index in [4.69, 9.17) is 0 Å². The quantitative estimate of drug-likeness (QED) is 0.827. The van der Waals surface area contributed by atoms with Crippen molar-refractivity contribution in [3.63, 3.8) is 0 Å². The number of aryl methyl sites for hydroxylation is 2. The Morgan fingerprint density at radius 1 is 1.27 bits per heavy atom. The molecule has 0 aliphatic rings. The average Bonchev–Trinajstić information content (AvgIpc) is 2.29. The fourth-order valence-electron chi connectivity index (χ4n) is 1.56. The molecule has 1 aromatic carbocycles. The van der Waals surface area contributed by atoms with Gasteiger partial charge in [0.05, 0.1) is 12.8 Å². The largest absolute Gasteiger partial charge is 0.453 e. The fourth-order valence-corrected chi connectivity index (χ4v) is 1.56. The lowest BCUT2D eigenvalue weighted by molar-refractivity contribution is 0.187. The van der Waals surface area contributed by atoms with E-state index in [9.17, 15) is 4.79 Å². The number of anilines is 1. The summed E-state index contributed by atoms with van der Waals surface area (Å²) in [4.78, 5) is 11.2. The summed E-state index contributed by atoms with van der Waals surface area (Å²) in [7, 11) is 1.37. The Bertz CT molecular complexity index is 325. The molecule has 0 saturated carbocycles. The third-order valence-electron chi connectivity index (χ3n) is 2.41. The normalized spacial score (nSPS) is 9.80. The number of benzene rings is 1. The van der Waals surface area contributed by atoms with Gasteiger partial charge in [-0.05, 0) is 24.0 Å². The summed E-state index contributed by atoms with van der Waals surface area (Å²) in [6.45, 7) is 4.13. The number of amides is 1. The molecule has 15 heavy (non-hydrogen) atoms. The van der Waals surface area contributed by atoms with Gasteiger partial charge in [0.25, 0.3) is 0 Å². The Morgan fingerprint density at radius 2 is 1.80 bits per heavy atom. The molecular weight excluding hydrogens is 190 g/mol. The summed E-state index contributed by atoms with van der Waals surface area (Å²) in [6.07, 6.45) is 1.38. The van der Waals surface area contributed by atoms with Gasteiger partial charge in [0, 0.05) is 0 Å². The van der Waals surface area contributed by atoms with E-state index in [-0.39, 0.29) is 0 Å². The van der Waals surface area contributed by atoms with Gasteiger partial charge < -0.3 is 4.74 Å². The van der Waals surface area contributed by atoms with E-state index in [0.717, 1.165) is 29.7 Å². The van der Waals surface area contributed by atoms with E-state index in [2.05, 4.69) is 23.9 Å². The highest BCUT2D eigenvalue weighted by Crippen LogP contribution is 2.22. The van der Waals surface area contributed by atoms with Crippen LogP contribution in [0.25, 0.3) is 0 Å². The summed E-state index contributed by atoms with van der Waals surface area (Å²) in [6, 6.07) is 6.05. The van der Waals surface area contributed by atoms with Crippen LogP contribution < -0.4 is 5.32 Å². The third-order valence-corrected chi connectivity index (χ3v) is 2.41. The lowest BCUT2D eigenvalue weighted by Gasteiger charge is -2.13. The van der Waals surface area contributed by atoms with Gasteiger partial charge >= 0.3 is 6.09 Å². The number of hydrogen-bond donors (Lipinski definition) is 1. The minimum Gasteiger partial charge on any atom is -0.453 e. The first-order valence-electron chi connectivity index (χ1n) is 5.18. The van der Waals surface area contributed by atoms with Crippen molar-refractivity contribution >= 4 is 11.8 Å². The highest BCUT2D eigenvalue weighted by Gasteiger charge is 2.09. The molecule has 3 heteroatoms. The van der Waals surface area contributed by atoms with Crippen LogP contribution in [0.4, 0.5) is 10.5 Å². The third kappa shape index (κ3) is 2.72. The molecule has 1 aromatic rings. The summed E-state index contributed by atoms with van der Waals surface area (Å²) < 4.78 is 4.60. The number of hydrogen-bond acceptors (Lipinski definition) is 2. The molecule has 0 fully saturated rings. The molecule has 1 amide bonds. The Balaban J connectivity index is 3.05. The molecular formula is C12H17NO2. The van der Waals surface area contributed by atoms with Crippen LogP contribution in [0.15, 0.2) is 18.2 Å². The van der Waals surface area contributed by atoms with Crippen LogP contribution in [0.2, 0.25) is 0 Å². The van der Waals surface area contributed by atoms with Crippen molar-refractivity contribution in [1.82, 2.24) is 0 Å². The van der Waals surface area contributed by atoms with Crippen LogP contribution in [0.1, 0.15) is 25.0 Å². The van der Waals surface area contributed by atoms with E-state index in [1.54, 1.807) is 0 Å². The molecule has 0 aliphatic heterocycles. The molecule has 0 saturated heterocycles. The van der Waals surface area contributed by atoms with Crippen molar-refractivity contribution in [3.05, 3.63) is 29.3 Å².